The van der Waals surface area contributed by atoms with Crippen molar-refractivity contribution in [3.8, 4) is 0 Å². The first-order chi connectivity index (χ1) is 15.0. The van der Waals surface area contributed by atoms with E-state index < -0.39 is 10.0 Å². The van der Waals surface area contributed by atoms with E-state index in [9.17, 15) is 13.2 Å². The molecule has 1 saturated carbocycles. The Morgan fingerprint density at radius 2 is 1.87 bits per heavy atom. The standard InChI is InChI=1S/C20H19N5O3S3/c26-19(12-5-2-1-3-6-12)22-20-21-15-11-13(9-10-16(15)29-20)25-31(27,28)17-8-4-7-14-18(17)24-30-23-14/h4,7-12,25H,1-3,5-6H2,(H,21,22,26). The molecular formula is C20H19N5O3S3. The van der Waals surface area contributed by atoms with Gasteiger partial charge in [0, 0.05) is 5.92 Å². The Labute approximate surface area is 187 Å². The van der Waals surface area contributed by atoms with Crippen LogP contribution in [-0.2, 0) is 14.8 Å². The van der Waals surface area contributed by atoms with Crippen molar-refractivity contribution < 1.29 is 13.2 Å². The summed E-state index contributed by atoms with van der Waals surface area (Å²) >= 11 is 2.35. The average Bonchev–Trinajstić information content (AvgIpc) is 3.39. The largest absolute Gasteiger partial charge is 0.302 e. The predicted octanol–water partition coefficient (Wildman–Crippen LogP) is 4.62. The topological polar surface area (TPSA) is 114 Å². The highest BCUT2D eigenvalue weighted by molar-refractivity contribution is 7.93. The fourth-order valence-corrected chi connectivity index (χ4v) is 6.49. The van der Waals surface area contributed by atoms with Gasteiger partial charge in [-0.3, -0.25) is 9.52 Å². The number of nitrogens with one attached hydrogen (secondary N) is 2. The number of aromatic nitrogens is 3. The fourth-order valence-electron chi connectivity index (χ4n) is 3.82. The lowest BCUT2D eigenvalue weighted by Gasteiger charge is -2.19. The first-order valence-electron chi connectivity index (χ1n) is 9.95. The summed E-state index contributed by atoms with van der Waals surface area (Å²) in [7, 11) is -3.85. The van der Waals surface area contributed by atoms with Crippen LogP contribution in [-0.4, -0.2) is 28.1 Å². The van der Waals surface area contributed by atoms with Gasteiger partial charge in [-0.15, -0.1) is 0 Å². The third kappa shape index (κ3) is 4.12. The van der Waals surface area contributed by atoms with Crippen molar-refractivity contribution in [2.75, 3.05) is 10.0 Å². The Hall–Kier alpha value is -2.63. The highest BCUT2D eigenvalue weighted by Crippen LogP contribution is 2.31. The van der Waals surface area contributed by atoms with Crippen molar-refractivity contribution in [2.24, 2.45) is 5.92 Å². The minimum Gasteiger partial charge on any atom is -0.302 e. The van der Waals surface area contributed by atoms with Crippen LogP contribution in [0.5, 0.6) is 0 Å². The molecule has 160 valence electrons. The number of sulfonamides is 1. The minimum atomic E-state index is -3.85. The first-order valence-corrected chi connectivity index (χ1v) is 13.0. The number of carbonyl (C=O) groups excluding carboxylic acids is 1. The average molecular weight is 474 g/mol. The predicted molar refractivity (Wildman–Crippen MR) is 123 cm³/mol. The van der Waals surface area contributed by atoms with E-state index >= 15 is 0 Å². The Bertz CT molecular complexity index is 1370. The Morgan fingerprint density at radius 1 is 1.03 bits per heavy atom. The van der Waals surface area contributed by atoms with Crippen LogP contribution in [0.4, 0.5) is 10.8 Å². The maximum atomic E-state index is 12.9. The lowest BCUT2D eigenvalue weighted by Crippen LogP contribution is -2.24. The van der Waals surface area contributed by atoms with Gasteiger partial charge in [0.05, 0.1) is 27.6 Å². The molecule has 0 radical (unpaired) electrons. The zero-order chi connectivity index (χ0) is 21.4. The number of carbonyl (C=O) groups is 1. The molecule has 2 N–H and O–H groups in total. The maximum absolute atomic E-state index is 12.9. The van der Waals surface area contributed by atoms with E-state index in [-0.39, 0.29) is 16.7 Å². The summed E-state index contributed by atoms with van der Waals surface area (Å²) in [5, 5.41) is 3.46. The van der Waals surface area contributed by atoms with Crippen LogP contribution in [0.15, 0.2) is 41.3 Å². The van der Waals surface area contributed by atoms with E-state index in [0.717, 1.165) is 42.1 Å². The molecule has 1 fully saturated rings. The molecule has 31 heavy (non-hydrogen) atoms. The lowest BCUT2D eigenvalue weighted by molar-refractivity contribution is -0.120. The number of nitrogens with zero attached hydrogens (tertiary/aromatic N) is 3. The van der Waals surface area contributed by atoms with Gasteiger partial charge in [0.2, 0.25) is 5.91 Å². The van der Waals surface area contributed by atoms with E-state index in [1.807, 2.05) is 0 Å². The van der Waals surface area contributed by atoms with Gasteiger partial charge in [0.1, 0.15) is 15.9 Å². The third-order valence-electron chi connectivity index (χ3n) is 5.38. The van der Waals surface area contributed by atoms with E-state index in [2.05, 4.69) is 23.8 Å². The number of hydrogen-bond donors (Lipinski definition) is 2. The zero-order valence-electron chi connectivity index (χ0n) is 16.4. The van der Waals surface area contributed by atoms with Gasteiger partial charge in [-0.1, -0.05) is 36.7 Å². The molecule has 1 amide bonds. The number of benzene rings is 2. The van der Waals surface area contributed by atoms with Crippen LogP contribution >= 0.6 is 23.1 Å². The highest BCUT2D eigenvalue weighted by Gasteiger charge is 2.23. The molecule has 2 aromatic heterocycles. The van der Waals surface area contributed by atoms with Gasteiger partial charge >= 0.3 is 0 Å². The zero-order valence-corrected chi connectivity index (χ0v) is 18.8. The molecule has 2 aromatic carbocycles. The number of hydrogen-bond acceptors (Lipinski definition) is 8. The van der Waals surface area contributed by atoms with Gasteiger partial charge in [0.25, 0.3) is 10.0 Å². The van der Waals surface area contributed by atoms with Crippen molar-refractivity contribution >= 4 is 71.1 Å². The summed E-state index contributed by atoms with van der Waals surface area (Å²) in [5.74, 6) is 0.0655. The lowest BCUT2D eigenvalue weighted by atomic mass is 9.89. The monoisotopic (exact) mass is 473 g/mol. The molecule has 0 aliphatic heterocycles. The third-order valence-corrected chi connectivity index (χ3v) is 8.29. The molecule has 4 aromatic rings. The summed E-state index contributed by atoms with van der Waals surface area (Å²) in [5.41, 5.74) is 1.91. The van der Waals surface area contributed by atoms with Crippen LogP contribution in [0, 0.1) is 5.92 Å². The number of rotatable bonds is 5. The Kier molecular flexibility index (Phi) is 5.32. The van der Waals surface area contributed by atoms with E-state index in [1.54, 1.807) is 30.3 Å². The molecule has 11 heteroatoms. The molecule has 0 bridgehead atoms. The molecule has 0 unspecified atom stereocenters. The van der Waals surface area contributed by atoms with Crippen molar-refractivity contribution in [3.05, 3.63) is 36.4 Å². The number of anilines is 2. The van der Waals surface area contributed by atoms with Crippen molar-refractivity contribution in [3.63, 3.8) is 0 Å². The summed E-state index contributed by atoms with van der Waals surface area (Å²) < 4.78 is 37.5. The molecular weight excluding hydrogens is 454 g/mol. The molecule has 0 atom stereocenters. The van der Waals surface area contributed by atoms with E-state index in [0.29, 0.717) is 27.4 Å². The molecule has 8 nitrogen and oxygen atoms in total. The normalized spacial score (nSPS) is 15.4. The molecule has 0 saturated heterocycles. The molecule has 5 rings (SSSR count). The second kappa shape index (κ2) is 8.13. The highest BCUT2D eigenvalue weighted by atomic mass is 32.2. The van der Waals surface area contributed by atoms with Crippen molar-refractivity contribution in [1.82, 2.24) is 13.7 Å². The van der Waals surface area contributed by atoms with Gasteiger partial charge in [-0.05, 0) is 43.2 Å². The number of thiazole rings is 1. The Morgan fingerprint density at radius 3 is 2.71 bits per heavy atom. The second-order valence-corrected chi connectivity index (χ2v) is 10.7. The van der Waals surface area contributed by atoms with Crippen LogP contribution in [0.25, 0.3) is 21.3 Å². The van der Waals surface area contributed by atoms with Gasteiger partial charge < -0.3 is 5.32 Å². The molecule has 1 aliphatic rings. The van der Waals surface area contributed by atoms with Gasteiger partial charge in [-0.2, -0.15) is 8.75 Å². The summed E-state index contributed by atoms with van der Waals surface area (Å²) in [6, 6.07) is 10.0. The second-order valence-electron chi connectivity index (χ2n) is 7.52. The number of amides is 1. The van der Waals surface area contributed by atoms with E-state index in [1.165, 1.54) is 23.8 Å². The first kappa shape index (κ1) is 20.3. The van der Waals surface area contributed by atoms with Gasteiger partial charge in [0.15, 0.2) is 5.13 Å². The SMILES string of the molecule is O=C(Nc1nc2cc(NS(=O)(=O)c3cccc4nsnc34)ccc2s1)C1CCCCC1. The summed E-state index contributed by atoms with van der Waals surface area (Å²) in [4.78, 5) is 17.1. The Balaban J connectivity index is 1.37. The summed E-state index contributed by atoms with van der Waals surface area (Å²) in [6.07, 6.45) is 5.21. The smallest absolute Gasteiger partial charge is 0.264 e. The van der Waals surface area contributed by atoms with Crippen LogP contribution in [0.2, 0.25) is 0 Å². The van der Waals surface area contributed by atoms with Crippen molar-refractivity contribution in [1.29, 1.82) is 0 Å². The van der Waals surface area contributed by atoms with Crippen LogP contribution in [0.1, 0.15) is 32.1 Å². The molecule has 0 spiro atoms. The number of fused-ring (bicyclic) bond motifs is 2. The van der Waals surface area contributed by atoms with Crippen LogP contribution < -0.4 is 10.0 Å². The quantitative estimate of drug-likeness (QED) is 0.437. The minimum absolute atomic E-state index is 0.0182. The summed E-state index contributed by atoms with van der Waals surface area (Å²) in [6.45, 7) is 0. The fraction of sp³-hybridized carbons (Fsp3) is 0.300. The van der Waals surface area contributed by atoms with Gasteiger partial charge in [-0.25, -0.2) is 13.4 Å². The maximum Gasteiger partial charge on any atom is 0.264 e. The van der Waals surface area contributed by atoms with E-state index in [4.69, 9.17) is 0 Å². The molecule has 1 aliphatic carbocycles. The van der Waals surface area contributed by atoms with Crippen LogP contribution in [0.3, 0.4) is 0 Å². The molecule has 2 heterocycles. The van der Waals surface area contributed by atoms with Crippen molar-refractivity contribution in [2.45, 2.75) is 37.0 Å².